The predicted octanol–water partition coefficient (Wildman–Crippen LogP) is 5.17. The summed E-state index contributed by atoms with van der Waals surface area (Å²) in [5.41, 5.74) is 1.05. The number of fused-ring (bicyclic) bond motifs is 1. The van der Waals surface area contributed by atoms with E-state index >= 15 is 0 Å². The van der Waals surface area contributed by atoms with E-state index in [-0.39, 0.29) is 24.5 Å². The van der Waals surface area contributed by atoms with Gasteiger partial charge in [0.15, 0.2) is 10.9 Å². The maximum Gasteiger partial charge on any atom is 0.357 e. The quantitative estimate of drug-likeness (QED) is 0.299. The van der Waals surface area contributed by atoms with Crippen LogP contribution in [0.4, 0.5) is 5.13 Å². The molecular weight excluding hydrogens is 455 g/mol. The Morgan fingerprint density at radius 2 is 1.88 bits per heavy atom. The van der Waals surface area contributed by atoms with Crippen molar-refractivity contribution in [2.24, 2.45) is 0 Å². The Hall–Kier alpha value is -2.65. The number of carbonyl (C=O) groups excluding carboxylic acids is 1. The van der Waals surface area contributed by atoms with Crippen LogP contribution in [-0.4, -0.2) is 43.5 Å². The van der Waals surface area contributed by atoms with Gasteiger partial charge in [-0.1, -0.05) is 17.4 Å². The van der Waals surface area contributed by atoms with Crippen LogP contribution < -0.4 is 10.1 Å². The SMILES string of the molecule is CCOP(=O)(OCC)C(Nc1nc2cc(OC)ccc2s1)c1ccc(O)c(C(=O)OC)c1. The van der Waals surface area contributed by atoms with E-state index in [2.05, 4.69) is 10.3 Å². The number of nitrogens with zero attached hydrogens (tertiary/aromatic N) is 1. The van der Waals surface area contributed by atoms with Gasteiger partial charge in [0.2, 0.25) is 0 Å². The van der Waals surface area contributed by atoms with Crippen LogP contribution in [0.15, 0.2) is 36.4 Å². The lowest BCUT2D eigenvalue weighted by Gasteiger charge is -2.27. The largest absolute Gasteiger partial charge is 0.507 e. The molecule has 0 spiro atoms. The van der Waals surface area contributed by atoms with Gasteiger partial charge in [-0.25, -0.2) is 9.78 Å². The normalized spacial score (nSPS) is 12.5. The number of rotatable bonds is 10. The standard InChI is InChI=1S/C21H25N2O7PS/c1-5-29-31(26,30-6-2)19(13-7-9-17(24)15(11-13)20(25)28-4)23-21-22-16-12-14(27-3)8-10-18(16)32-21/h7-12,19,24H,5-6H2,1-4H3,(H,22,23). The number of nitrogens with one attached hydrogen (secondary N) is 1. The Labute approximate surface area is 189 Å². The molecule has 11 heteroatoms. The third kappa shape index (κ3) is 5.05. The summed E-state index contributed by atoms with van der Waals surface area (Å²) in [6.07, 6.45) is 0. The summed E-state index contributed by atoms with van der Waals surface area (Å²) in [5, 5.41) is 13.7. The van der Waals surface area contributed by atoms with E-state index in [1.807, 2.05) is 12.1 Å². The first-order valence-electron chi connectivity index (χ1n) is 9.86. The number of benzene rings is 2. The molecule has 9 nitrogen and oxygen atoms in total. The molecule has 0 fully saturated rings. The van der Waals surface area contributed by atoms with Crippen LogP contribution in [-0.2, 0) is 18.3 Å². The number of aromatic nitrogens is 1. The lowest BCUT2D eigenvalue weighted by molar-refractivity contribution is 0.0597. The van der Waals surface area contributed by atoms with E-state index < -0.39 is 19.3 Å². The average molecular weight is 480 g/mol. The Morgan fingerprint density at radius 3 is 2.50 bits per heavy atom. The van der Waals surface area contributed by atoms with Gasteiger partial charge in [-0.2, -0.15) is 0 Å². The average Bonchev–Trinajstić information content (AvgIpc) is 3.19. The fourth-order valence-electron chi connectivity index (χ4n) is 3.10. The highest BCUT2D eigenvalue weighted by molar-refractivity contribution is 7.54. The van der Waals surface area contributed by atoms with Crippen molar-refractivity contribution in [1.29, 1.82) is 0 Å². The maximum atomic E-state index is 13.7. The van der Waals surface area contributed by atoms with Crippen molar-refractivity contribution in [2.45, 2.75) is 19.6 Å². The first-order valence-corrected chi connectivity index (χ1v) is 12.3. The topological polar surface area (TPSA) is 116 Å². The molecule has 0 radical (unpaired) electrons. The summed E-state index contributed by atoms with van der Waals surface area (Å²) < 4.78 is 35.8. The van der Waals surface area contributed by atoms with Crippen LogP contribution >= 0.6 is 18.9 Å². The van der Waals surface area contributed by atoms with E-state index in [4.69, 9.17) is 18.5 Å². The molecule has 0 saturated heterocycles. The first-order chi connectivity index (χ1) is 15.3. The van der Waals surface area contributed by atoms with E-state index in [1.165, 1.54) is 30.6 Å². The Balaban J connectivity index is 2.09. The highest BCUT2D eigenvalue weighted by atomic mass is 32.1. The number of phenolic OH excluding ortho intramolecular Hbond substituents is 1. The molecule has 0 amide bonds. The second-order valence-electron chi connectivity index (χ2n) is 6.54. The Morgan fingerprint density at radius 1 is 1.16 bits per heavy atom. The summed E-state index contributed by atoms with van der Waals surface area (Å²) in [4.78, 5) is 16.7. The van der Waals surface area contributed by atoms with Crippen LogP contribution in [0, 0.1) is 0 Å². The lowest BCUT2D eigenvalue weighted by Crippen LogP contribution is -2.16. The van der Waals surface area contributed by atoms with Gasteiger partial charge in [-0.3, -0.25) is 4.57 Å². The van der Waals surface area contributed by atoms with Crippen LogP contribution in [0.5, 0.6) is 11.5 Å². The van der Waals surface area contributed by atoms with Crippen molar-refractivity contribution in [3.8, 4) is 11.5 Å². The minimum Gasteiger partial charge on any atom is -0.507 e. The number of hydrogen-bond donors (Lipinski definition) is 2. The third-order valence-corrected chi connectivity index (χ3v) is 7.79. The molecule has 0 saturated carbocycles. The van der Waals surface area contributed by atoms with Gasteiger partial charge in [0.25, 0.3) is 0 Å². The number of thiazole rings is 1. The minimum absolute atomic E-state index is 0.0645. The van der Waals surface area contributed by atoms with E-state index in [0.717, 1.165) is 4.70 Å². The molecule has 3 aromatic rings. The zero-order valence-corrected chi connectivity index (χ0v) is 19.9. The van der Waals surface area contributed by atoms with Gasteiger partial charge in [-0.05, 0) is 43.7 Å². The predicted molar refractivity (Wildman–Crippen MR) is 123 cm³/mol. The van der Waals surface area contributed by atoms with Crippen molar-refractivity contribution in [1.82, 2.24) is 4.98 Å². The van der Waals surface area contributed by atoms with Crippen molar-refractivity contribution in [3.63, 3.8) is 0 Å². The lowest BCUT2D eigenvalue weighted by atomic mass is 10.1. The van der Waals surface area contributed by atoms with Gasteiger partial charge in [0.05, 0.1) is 37.6 Å². The van der Waals surface area contributed by atoms with Crippen molar-refractivity contribution < 1.29 is 33.0 Å². The molecule has 0 bridgehead atoms. The zero-order valence-electron chi connectivity index (χ0n) is 18.2. The minimum atomic E-state index is -3.75. The number of hydrogen-bond acceptors (Lipinski definition) is 10. The molecule has 0 aliphatic heterocycles. The molecule has 3 rings (SSSR count). The van der Waals surface area contributed by atoms with E-state index in [1.54, 1.807) is 33.1 Å². The van der Waals surface area contributed by atoms with Crippen LogP contribution in [0.1, 0.15) is 35.6 Å². The Kier molecular flexibility index (Phi) is 7.73. The van der Waals surface area contributed by atoms with Gasteiger partial charge >= 0.3 is 13.6 Å². The molecule has 32 heavy (non-hydrogen) atoms. The van der Waals surface area contributed by atoms with Crippen molar-refractivity contribution in [3.05, 3.63) is 47.5 Å². The monoisotopic (exact) mass is 480 g/mol. The molecule has 2 aromatic carbocycles. The van der Waals surface area contributed by atoms with Crippen molar-refractivity contribution in [2.75, 3.05) is 32.8 Å². The van der Waals surface area contributed by atoms with Crippen LogP contribution in [0.25, 0.3) is 10.2 Å². The molecule has 1 unspecified atom stereocenters. The third-order valence-electron chi connectivity index (χ3n) is 4.53. The fourth-order valence-corrected chi connectivity index (χ4v) is 5.96. The molecule has 1 atom stereocenters. The number of anilines is 1. The van der Waals surface area contributed by atoms with Gasteiger partial charge in [-0.15, -0.1) is 0 Å². The fraction of sp³-hybridized carbons (Fsp3) is 0.333. The number of ether oxygens (including phenoxy) is 2. The highest BCUT2D eigenvalue weighted by Gasteiger charge is 2.38. The molecule has 0 aliphatic carbocycles. The summed E-state index contributed by atoms with van der Waals surface area (Å²) in [6.45, 7) is 3.72. The van der Waals surface area contributed by atoms with Gasteiger partial charge in [0, 0.05) is 6.07 Å². The van der Waals surface area contributed by atoms with Gasteiger partial charge < -0.3 is 28.9 Å². The molecule has 1 aromatic heterocycles. The number of carbonyl (C=O) groups is 1. The summed E-state index contributed by atoms with van der Waals surface area (Å²) in [7, 11) is -0.962. The second kappa shape index (κ2) is 10.3. The summed E-state index contributed by atoms with van der Waals surface area (Å²) in [6, 6.07) is 9.79. The van der Waals surface area contributed by atoms with Crippen LogP contribution in [0.2, 0.25) is 0 Å². The maximum absolute atomic E-state index is 13.7. The molecule has 2 N–H and O–H groups in total. The van der Waals surface area contributed by atoms with Crippen LogP contribution in [0.3, 0.4) is 0 Å². The zero-order chi connectivity index (χ0) is 23.3. The Bertz CT molecular complexity index is 1140. The second-order valence-corrected chi connectivity index (χ2v) is 9.69. The summed E-state index contributed by atoms with van der Waals surface area (Å²) >= 11 is 1.36. The number of aromatic hydroxyl groups is 1. The van der Waals surface area contributed by atoms with E-state index in [0.29, 0.717) is 22.0 Å². The number of esters is 1. The number of methoxy groups -OCH3 is 2. The highest BCUT2D eigenvalue weighted by Crippen LogP contribution is 2.61. The number of phenols is 1. The van der Waals surface area contributed by atoms with Crippen molar-refractivity contribution >= 4 is 40.3 Å². The molecular formula is C21H25N2O7PS. The first kappa shape index (κ1) is 24.0. The molecule has 172 valence electrons. The molecule has 1 heterocycles. The summed E-state index contributed by atoms with van der Waals surface area (Å²) in [5.74, 6) is -1.30. The molecule has 0 aliphatic rings. The van der Waals surface area contributed by atoms with E-state index in [9.17, 15) is 14.5 Å². The van der Waals surface area contributed by atoms with Gasteiger partial charge in [0.1, 0.15) is 17.1 Å². The smallest absolute Gasteiger partial charge is 0.357 e.